The quantitative estimate of drug-likeness (QED) is 0.615. The first-order valence-electron chi connectivity index (χ1n) is 10.3. The number of aromatic nitrogens is 1. The van der Waals surface area contributed by atoms with Gasteiger partial charge in [0.25, 0.3) is 5.91 Å². The van der Waals surface area contributed by atoms with Gasteiger partial charge in [-0.25, -0.2) is 4.98 Å². The second kappa shape index (κ2) is 7.60. The Morgan fingerprint density at radius 3 is 2.38 bits per heavy atom. The van der Waals surface area contributed by atoms with Crippen molar-refractivity contribution in [2.45, 2.75) is 46.8 Å². The van der Waals surface area contributed by atoms with E-state index in [2.05, 4.69) is 38.1 Å². The molecule has 0 saturated carbocycles. The van der Waals surface area contributed by atoms with Crippen LogP contribution < -0.4 is 0 Å². The number of hydrogen-bond donors (Lipinski definition) is 0. The van der Waals surface area contributed by atoms with Crippen LogP contribution >= 0.6 is 0 Å². The lowest BCUT2D eigenvalue weighted by molar-refractivity contribution is -0.0585. The Kier molecular flexibility index (Phi) is 5.13. The predicted molar refractivity (Wildman–Crippen MR) is 117 cm³/mol. The molecule has 4 nitrogen and oxygen atoms in total. The van der Waals surface area contributed by atoms with Crippen molar-refractivity contribution in [1.82, 2.24) is 9.88 Å². The van der Waals surface area contributed by atoms with Crippen LogP contribution in [0.25, 0.3) is 22.2 Å². The molecule has 4 heteroatoms. The molecule has 0 radical (unpaired) electrons. The molecule has 0 aliphatic carbocycles. The van der Waals surface area contributed by atoms with Crippen molar-refractivity contribution in [3.05, 3.63) is 64.7 Å². The number of rotatable bonds is 2. The number of morpholine rings is 1. The third-order valence-corrected chi connectivity index (χ3v) is 5.70. The van der Waals surface area contributed by atoms with Gasteiger partial charge in [-0.3, -0.25) is 4.79 Å². The fourth-order valence-electron chi connectivity index (χ4n) is 4.08. The first kappa shape index (κ1) is 19.6. The first-order valence-corrected chi connectivity index (χ1v) is 10.3. The Morgan fingerprint density at radius 1 is 0.966 bits per heavy atom. The van der Waals surface area contributed by atoms with E-state index in [4.69, 9.17) is 9.72 Å². The van der Waals surface area contributed by atoms with E-state index in [-0.39, 0.29) is 18.1 Å². The number of nitrogens with zero attached hydrogens (tertiary/aromatic N) is 2. The summed E-state index contributed by atoms with van der Waals surface area (Å²) in [5.41, 5.74) is 7.03. The van der Waals surface area contributed by atoms with Crippen LogP contribution in [0.4, 0.5) is 0 Å². The minimum Gasteiger partial charge on any atom is -0.372 e. The Hall–Kier alpha value is -2.72. The fraction of sp³-hybridized carbons (Fsp3) is 0.360. The normalized spacial score (nSPS) is 19.6. The van der Waals surface area contributed by atoms with Crippen molar-refractivity contribution in [1.29, 1.82) is 0 Å². The highest BCUT2D eigenvalue weighted by atomic mass is 16.5. The summed E-state index contributed by atoms with van der Waals surface area (Å²) in [6.07, 6.45) is 0.0773. The van der Waals surface area contributed by atoms with Crippen molar-refractivity contribution in [3.63, 3.8) is 0 Å². The smallest absolute Gasteiger partial charge is 0.254 e. The van der Waals surface area contributed by atoms with Crippen LogP contribution in [0.5, 0.6) is 0 Å². The number of ether oxygens (including phenoxy) is 1. The summed E-state index contributed by atoms with van der Waals surface area (Å²) in [5.74, 6) is 0.0510. The molecule has 2 heterocycles. The van der Waals surface area contributed by atoms with Gasteiger partial charge in [0.1, 0.15) is 0 Å². The Bertz CT molecular complexity index is 1080. The lowest BCUT2D eigenvalue weighted by Crippen LogP contribution is -2.48. The van der Waals surface area contributed by atoms with Crippen molar-refractivity contribution in [2.75, 3.05) is 13.1 Å². The topological polar surface area (TPSA) is 42.4 Å². The standard InChI is InChI=1S/C25H28N2O2/c1-15-6-9-23-21(10-15)22(25(28)27-13-18(4)29-19(5)14-27)12-24(26-23)20-8-7-16(2)17(3)11-20/h6-12,18-19H,13-14H2,1-5H3. The van der Waals surface area contributed by atoms with Crippen molar-refractivity contribution in [2.24, 2.45) is 0 Å². The lowest BCUT2D eigenvalue weighted by Gasteiger charge is -2.35. The average Bonchev–Trinajstić information content (AvgIpc) is 2.68. The van der Waals surface area contributed by atoms with Crippen LogP contribution in [0.3, 0.4) is 0 Å². The first-order chi connectivity index (χ1) is 13.8. The Balaban J connectivity index is 1.85. The van der Waals surface area contributed by atoms with Gasteiger partial charge in [-0.1, -0.05) is 23.8 Å². The van der Waals surface area contributed by atoms with E-state index in [9.17, 15) is 4.79 Å². The highest BCUT2D eigenvalue weighted by Crippen LogP contribution is 2.28. The Labute approximate surface area is 172 Å². The molecular weight excluding hydrogens is 360 g/mol. The molecule has 1 amide bonds. The zero-order chi connectivity index (χ0) is 20.7. The van der Waals surface area contributed by atoms with Crippen LogP contribution in [0.2, 0.25) is 0 Å². The van der Waals surface area contributed by atoms with E-state index in [1.807, 2.05) is 43.9 Å². The lowest BCUT2D eigenvalue weighted by atomic mass is 9.99. The maximum absolute atomic E-state index is 13.6. The van der Waals surface area contributed by atoms with Gasteiger partial charge < -0.3 is 9.64 Å². The molecule has 0 N–H and O–H groups in total. The van der Waals surface area contributed by atoms with Gasteiger partial charge in [0.05, 0.1) is 29.0 Å². The largest absolute Gasteiger partial charge is 0.372 e. The van der Waals surface area contributed by atoms with Gasteiger partial charge in [-0.2, -0.15) is 0 Å². The molecule has 29 heavy (non-hydrogen) atoms. The molecule has 1 aliphatic rings. The molecule has 4 rings (SSSR count). The van der Waals surface area contributed by atoms with Gasteiger partial charge in [0.2, 0.25) is 0 Å². The molecule has 0 bridgehead atoms. The zero-order valence-electron chi connectivity index (χ0n) is 17.8. The summed E-state index contributed by atoms with van der Waals surface area (Å²) in [4.78, 5) is 20.4. The summed E-state index contributed by atoms with van der Waals surface area (Å²) < 4.78 is 5.82. The predicted octanol–water partition coefficient (Wildman–Crippen LogP) is 5.08. The molecule has 1 fully saturated rings. The maximum atomic E-state index is 13.6. The number of hydrogen-bond acceptors (Lipinski definition) is 3. The second-order valence-electron chi connectivity index (χ2n) is 8.34. The minimum atomic E-state index is 0.0387. The van der Waals surface area contributed by atoms with Crippen molar-refractivity contribution >= 4 is 16.8 Å². The summed E-state index contributed by atoms with van der Waals surface area (Å²) in [5, 5.41) is 0.911. The highest BCUT2D eigenvalue weighted by Gasteiger charge is 2.28. The second-order valence-corrected chi connectivity index (χ2v) is 8.34. The summed E-state index contributed by atoms with van der Waals surface area (Å²) in [6, 6.07) is 14.4. The third kappa shape index (κ3) is 3.90. The van der Waals surface area contributed by atoms with E-state index in [1.165, 1.54) is 11.1 Å². The van der Waals surface area contributed by atoms with Gasteiger partial charge in [-0.05, 0) is 70.0 Å². The monoisotopic (exact) mass is 388 g/mol. The molecule has 0 spiro atoms. The average molecular weight is 389 g/mol. The van der Waals surface area contributed by atoms with Crippen LogP contribution in [0, 0.1) is 20.8 Å². The van der Waals surface area contributed by atoms with E-state index in [0.717, 1.165) is 27.7 Å². The van der Waals surface area contributed by atoms with Gasteiger partial charge >= 0.3 is 0 Å². The minimum absolute atomic E-state index is 0.0387. The van der Waals surface area contributed by atoms with E-state index < -0.39 is 0 Å². The van der Waals surface area contributed by atoms with Crippen molar-refractivity contribution < 1.29 is 9.53 Å². The molecule has 2 unspecified atom stereocenters. The zero-order valence-corrected chi connectivity index (χ0v) is 17.8. The maximum Gasteiger partial charge on any atom is 0.254 e. The van der Waals surface area contributed by atoms with Crippen LogP contribution in [-0.2, 0) is 4.74 Å². The number of carbonyl (C=O) groups excluding carboxylic acids is 1. The molecular formula is C25H28N2O2. The van der Waals surface area contributed by atoms with Gasteiger partial charge in [-0.15, -0.1) is 0 Å². The molecule has 1 saturated heterocycles. The molecule has 2 atom stereocenters. The van der Waals surface area contributed by atoms with Crippen molar-refractivity contribution in [3.8, 4) is 11.3 Å². The van der Waals surface area contributed by atoms with E-state index >= 15 is 0 Å². The molecule has 150 valence electrons. The number of fused-ring (bicyclic) bond motifs is 1. The number of pyridine rings is 1. The SMILES string of the molecule is Cc1ccc2nc(-c3ccc(C)c(C)c3)cc(C(=O)N3CC(C)OC(C)C3)c2c1. The van der Waals surface area contributed by atoms with Gasteiger partial charge in [0, 0.05) is 24.0 Å². The van der Waals surface area contributed by atoms with Gasteiger partial charge in [0.15, 0.2) is 0 Å². The van der Waals surface area contributed by atoms with Crippen LogP contribution in [-0.4, -0.2) is 41.1 Å². The van der Waals surface area contributed by atoms with E-state index in [0.29, 0.717) is 18.7 Å². The molecule has 3 aromatic rings. The van der Waals surface area contributed by atoms with E-state index in [1.54, 1.807) is 0 Å². The van der Waals surface area contributed by atoms with Crippen LogP contribution in [0.15, 0.2) is 42.5 Å². The summed E-state index contributed by atoms with van der Waals surface area (Å²) in [6.45, 7) is 11.5. The number of aryl methyl sites for hydroxylation is 3. The molecule has 2 aromatic carbocycles. The number of benzene rings is 2. The highest BCUT2D eigenvalue weighted by molar-refractivity contribution is 6.07. The summed E-state index contributed by atoms with van der Waals surface area (Å²) in [7, 11) is 0. The molecule has 1 aliphatic heterocycles. The molecule has 1 aromatic heterocycles. The van der Waals surface area contributed by atoms with Crippen LogP contribution in [0.1, 0.15) is 40.9 Å². The number of carbonyl (C=O) groups is 1. The third-order valence-electron chi connectivity index (χ3n) is 5.70. The Morgan fingerprint density at radius 2 is 1.69 bits per heavy atom. The number of amides is 1. The fourth-order valence-corrected chi connectivity index (χ4v) is 4.08. The summed E-state index contributed by atoms with van der Waals surface area (Å²) >= 11 is 0.